The summed E-state index contributed by atoms with van der Waals surface area (Å²) in [4.78, 5) is 14.3. The van der Waals surface area contributed by atoms with Crippen LogP contribution in [0.2, 0.25) is 0 Å². The van der Waals surface area contributed by atoms with Crippen LogP contribution in [-0.2, 0) is 6.54 Å². The first-order valence-electron chi connectivity index (χ1n) is 6.50. The first kappa shape index (κ1) is 14.6. The maximum absolute atomic E-state index is 12.5. The molecule has 0 spiro atoms. The summed E-state index contributed by atoms with van der Waals surface area (Å²) in [6.45, 7) is 3.24. The molecule has 1 amide bonds. The van der Waals surface area contributed by atoms with Crippen LogP contribution in [0.4, 0.5) is 5.69 Å². The van der Waals surface area contributed by atoms with Gasteiger partial charge in [-0.05, 0) is 46.6 Å². The van der Waals surface area contributed by atoms with E-state index in [1.165, 1.54) is 0 Å². The molecule has 0 radical (unpaired) electrons. The highest BCUT2D eigenvalue weighted by atomic mass is 79.9. The fourth-order valence-electron chi connectivity index (χ4n) is 1.99. The summed E-state index contributed by atoms with van der Waals surface area (Å²) in [5.74, 6) is -0.00412. The topological polar surface area (TPSA) is 46.3 Å². The minimum Gasteiger partial charge on any atom is -0.398 e. The number of nitrogen functional groups attached to an aromatic ring is 1. The van der Waals surface area contributed by atoms with E-state index in [4.69, 9.17) is 5.73 Å². The summed E-state index contributed by atoms with van der Waals surface area (Å²) in [6, 6.07) is 15.3. The van der Waals surface area contributed by atoms with Crippen molar-refractivity contribution in [3.8, 4) is 0 Å². The van der Waals surface area contributed by atoms with E-state index in [0.29, 0.717) is 24.3 Å². The Hall–Kier alpha value is -1.81. The average molecular weight is 333 g/mol. The van der Waals surface area contributed by atoms with E-state index in [1.54, 1.807) is 23.1 Å². The Kier molecular flexibility index (Phi) is 4.79. The van der Waals surface area contributed by atoms with Crippen molar-refractivity contribution in [1.82, 2.24) is 4.90 Å². The lowest BCUT2D eigenvalue weighted by Gasteiger charge is -2.21. The van der Waals surface area contributed by atoms with E-state index < -0.39 is 0 Å². The zero-order valence-electron chi connectivity index (χ0n) is 11.3. The van der Waals surface area contributed by atoms with Crippen molar-refractivity contribution in [2.45, 2.75) is 13.5 Å². The van der Waals surface area contributed by atoms with Crippen LogP contribution in [-0.4, -0.2) is 17.4 Å². The Bertz CT molecular complexity index is 599. The summed E-state index contributed by atoms with van der Waals surface area (Å²) >= 11 is 3.34. The van der Waals surface area contributed by atoms with Crippen LogP contribution in [0.15, 0.2) is 53.0 Å². The minimum atomic E-state index is -0.00412. The molecule has 0 aliphatic rings. The zero-order valence-corrected chi connectivity index (χ0v) is 12.9. The molecule has 0 aliphatic carbocycles. The molecule has 104 valence electrons. The van der Waals surface area contributed by atoms with Crippen LogP contribution in [0.1, 0.15) is 22.8 Å². The quantitative estimate of drug-likeness (QED) is 0.868. The summed E-state index contributed by atoms with van der Waals surface area (Å²) < 4.78 is 0.806. The highest BCUT2D eigenvalue weighted by Crippen LogP contribution is 2.21. The molecule has 0 saturated heterocycles. The molecule has 2 aromatic rings. The molecule has 0 aliphatic heterocycles. The molecule has 0 saturated carbocycles. The second-order valence-corrected chi connectivity index (χ2v) is 5.40. The molecule has 0 fully saturated rings. The van der Waals surface area contributed by atoms with Gasteiger partial charge in [0.25, 0.3) is 5.91 Å². The summed E-state index contributed by atoms with van der Waals surface area (Å²) in [5, 5.41) is 0. The van der Waals surface area contributed by atoms with Crippen molar-refractivity contribution in [2.75, 3.05) is 12.3 Å². The van der Waals surface area contributed by atoms with Gasteiger partial charge in [-0.15, -0.1) is 0 Å². The summed E-state index contributed by atoms with van der Waals surface area (Å²) in [6.07, 6.45) is 0. The summed E-state index contributed by atoms with van der Waals surface area (Å²) in [5.41, 5.74) is 8.14. The predicted molar refractivity (Wildman–Crippen MR) is 85.4 cm³/mol. The van der Waals surface area contributed by atoms with E-state index in [0.717, 1.165) is 10.0 Å². The van der Waals surface area contributed by atoms with Crippen LogP contribution in [0.5, 0.6) is 0 Å². The predicted octanol–water partition coefficient (Wildman–Crippen LogP) is 3.69. The molecule has 4 heteroatoms. The first-order valence-corrected chi connectivity index (χ1v) is 7.29. The van der Waals surface area contributed by atoms with Crippen molar-refractivity contribution in [1.29, 1.82) is 0 Å². The fraction of sp³-hybridized carbons (Fsp3) is 0.188. The van der Waals surface area contributed by atoms with Gasteiger partial charge in [0.15, 0.2) is 0 Å². The molecule has 0 bridgehead atoms. The van der Waals surface area contributed by atoms with Gasteiger partial charge in [-0.1, -0.05) is 30.3 Å². The number of halogens is 1. The van der Waals surface area contributed by atoms with Crippen molar-refractivity contribution < 1.29 is 4.79 Å². The summed E-state index contributed by atoms with van der Waals surface area (Å²) in [7, 11) is 0. The van der Waals surface area contributed by atoms with E-state index in [9.17, 15) is 4.79 Å². The maximum Gasteiger partial charge on any atom is 0.254 e. The lowest BCUT2D eigenvalue weighted by molar-refractivity contribution is 0.0752. The number of hydrogen-bond donors (Lipinski definition) is 1. The number of hydrogen-bond acceptors (Lipinski definition) is 2. The number of nitrogens with zero attached hydrogens (tertiary/aromatic N) is 1. The van der Waals surface area contributed by atoms with E-state index >= 15 is 0 Å². The standard InChI is InChI=1S/C16H17BrN2O/c1-2-19(11-12-6-4-3-5-7-12)16(20)13-8-9-14(17)15(18)10-13/h3-10H,2,11,18H2,1H3. The second-order valence-electron chi connectivity index (χ2n) is 4.54. The van der Waals surface area contributed by atoms with Gasteiger partial charge < -0.3 is 10.6 Å². The minimum absolute atomic E-state index is 0.00412. The molecular weight excluding hydrogens is 316 g/mol. The average Bonchev–Trinajstić information content (AvgIpc) is 2.48. The molecule has 2 aromatic carbocycles. The van der Waals surface area contributed by atoms with Gasteiger partial charge in [-0.25, -0.2) is 0 Å². The lowest BCUT2D eigenvalue weighted by Crippen LogP contribution is -2.30. The normalized spacial score (nSPS) is 10.3. The largest absolute Gasteiger partial charge is 0.398 e. The molecule has 0 atom stereocenters. The molecule has 20 heavy (non-hydrogen) atoms. The monoisotopic (exact) mass is 332 g/mol. The van der Waals surface area contributed by atoms with Crippen LogP contribution >= 0.6 is 15.9 Å². The molecule has 2 rings (SSSR count). The van der Waals surface area contributed by atoms with Gasteiger partial charge in [0, 0.05) is 28.8 Å². The Morgan fingerprint density at radius 2 is 1.90 bits per heavy atom. The number of amides is 1. The molecule has 0 heterocycles. The van der Waals surface area contributed by atoms with E-state index in [1.807, 2.05) is 37.3 Å². The number of benzene rings is 2. The number of nitrogens with two attached hydrogens (primary N) is 1. The Morgan fingerprint density at radius 1 is 1.20 bits per heavy atom. The van der Waals surface area contributed by atoms with Gasteiger partial charge in [-0.3, -0.25) is 4.79 Å². The second kappa shape index (κ2) is 6.57. The van der Waals surface area contributed by atoms with Gasteiger partial charge >= 0.3 is 0 Å². The molecule has 3 nitrogen and oxygen atoms in total. The Labute approximate surface area is 127 Å². The highest BCUT2D eigenvalue weighted by Gasteiger charge is 2.15. The van der Waals surface area contributed by atoms with Crippen molar-refractivity contribution in [2.24, 2.45) is 0 Å². The van der Waals surface area contributed by atoms with Crippen LogP contribution in [0.25, 0.3) is 0 Å². The van der Waals surface area contributed by atoms with Gasteiger partial charge in [0.05, 0.1) is 0 Å². The van der Waals surface area contributed by atoms with Crippen LogP contribution in [0, 0.1) is 0 Å². The number of anilines is 1. The van der Waals surface area contributed by atoms with Crippen LogP contribution in [0.3, 0.4) is 0 Å². The smallest absolute Gasteiger partial charge is 0.254 e. The van der Waals surface area contributed by atoms with Crippen LogP contribution < -0.4 is 5.73 Å². The number of rotatable bonds is 4. The fourth-order valence-corrected chi connectivity index (χ4v) is 2.24. The van der Waals surface area contributed by atoms with E-state index in [-0.39, 0.29) is 5.91 Å². The molecule has 2 N–H and O–H groups in total. The van der Waals surface area contributed by atoms with E-state index in [2.05, 4.69) is 15.9 Å². The SMILES string of the molecule is CCN(Cc1ccccc1)C(=O)c1ccc(Br)c(N)c1. The maximum atomic E-state index is 12.5. The van der Waals surface area contributed by atoms with Crippen molar-refractivity contribution in [3.05, 3.63) is 64.1 Å². The van der Waals surface area contributed by atoms with Crippen molar-refractivity contribution in [3.63, 3.8) is 0 Å². The third kappa shape index (κ3) is 3.39. The first-order chi connectivity index (χ1) is 9.61. The highest BCUT2D eigenvalue weighted by molar-refractivity contribution is 9.10. The number of carbonyl (C=O) groups is 1. The Morgan fingerprint density at radius 3 is 2.50 bits per heavy atom. The Balaban J connectivity index is 2.18. The number of carbonyl (C=O) groups excluding carboxylic acids is 1. The zero-order chi connectivity index (χ0) is 14.5. The molecule has 0 aromatic heterocycles. The lowest BCUT2D eigenvalue weighted by atomic mass is 10.1. The van der Waals surface area contributed by atoms with Gasteiger partial charge in [-0.2, -0.15) is 0 Å². The third-order valence-corrected chi connectivity index (χ3v) is 3.85. The molecular formula is C16H17BrN2O. The third-order valence-electron chi connectivity index (χ3n) is 3.13. The van der Waals surface area contributed by atoms with Crippen molar-refractivity contribution >= 4 is 27.5 Å². The van der Waals surface area contributed by atoms with Gasteiger partial charge in [0.1, 0.15) is 0 Å². The van der Waals surface area contributed by atoms with Gasteiger partial charge in [0.2, 0.25) is 0 Å². The molecule has 0 unspecified atom stereocenters.